The van der Waals surface area contributed by atoms with Gasteiger partial charge in [0.05, 0.1) is 23.0 Å². The van der Waals surface area contributed by atoms with Gasteiger partial charge in [-0.3, -0.25) is 9.48 Å². The molecule has 0 bridgehead atoms. The molecule has 0 unspecified atom stereocenters. The van der Waals surface area contributed by atoms with E-state index in [1.165, 1.54) is 16.7 Å². The van der Waals surface area contributed by atoms with Crippen molar-refractivity contribution in [1.82, 2.24) is 19.3 Å². The Hall–Kier alpha value is -3.67. The molecule has 2 aromatic heterocycles. The van der Waals surface area contributed by atoms with Gasteiger partial charge in [-0.25, -0.2) is 14.6 Å². The van der Waals surface area contributed by atoms with Crippen molar-refractivity contribution < 1.29 is 0 Å². The van der Waals surface area contributed by atoms with E-state index in [0.717, 1.165) is 36.5 Å². The van der Waals surface area contributed by atoms with E-state index in [9.17, 15) is 4.79 Å². The lowest BCUT2D eigenvalue weighted by atomic mass is 9.99. The number of benzene rings is 2. The number of anilines is 1. The van der Waals surface area contributed by atoms with E-state index >= 15 is 0 Å². The van der Waals surface area contributed by atoms with Gasteiger partial charge < -0.3 is 5.32 Å². The summed E-state index contributed by atoms with van der Waals surface area (Å²) in [7, 11) is 0. The van der Waals surface area contributed by atoms with Crippen LogP contribution >= 0.6 is 0 Å². The third kappa shape index (κ3) is 3.73. The van der Waals surface area contributed by atoms with Crippen molar-refractivity contribution in [2.24, 2.45) is 0 Å². The highest BCUT2D eigenvalue weighted by atomic mass is 16.1. The third-order valence-electron chi connectivity index (χ3n) is 6.24. The average molecular weight is 426 g/mol. The first-order valence-electron chi connectivity index (χ1n) is 11.1. The molecule has 6 nitrogen and oxygen atoms in total. The molecule has 0 saturated heterocycles. The van der Waals surface area contributed by atoms with Gasteiger partial charge in [-0.05, 0) is 43.0 Å². The van der Waals surface area contributed by atoms with Gasteiger partial charge in [-0.1, -0.05) is 54.6 Å². The van der Waals surface area contributed by atoms with Crippen LogP contribution in [0.25, 0.3) is 11.4 Å². The zero-order valence-electron chi connectivity index (χ0n) is 18.5. The molecule has 32 heavy (non-hydrogen) atoms. The van der Waals surface area contributed by atoms with Gasteiger partial charge in [-0.15, -0.1) is 0 Å². The van der Waals surface area contributed by atoms with Crippen LogP contribution in [0.3, 0.4) is 0 Å². The van der Waals surface area contributed by atoms with Crippen LogP contribution < -0.4 is 10.9 Å². The number of hydrogen-bond acceptors (Lipinski definition) is 4. The summed E-state index contributed by atoms with van der Waals surface area (Å²) in [6, 6.07) is 20.5. The summed E-state index contributed by atoms with van der Waals surface area (Å²) in [5, 5.41) is 3.40. The smallest absolute Gasteiger partial charge is 0.270 e. The lowest BCUT2D eigenvalue weighted by Crippen LogP contribution is -2.19. The van der Waals surface area contributed by atoms with Crippen LogP contribution in [-0.4, -0.2) is 19.3 Å². The molecule has 0 amide bonds. The Morgan fingerprint density at radius 1 is 1.00 bits per heavy atom. The molecule has 6 heteroatoms. The largest absolute Gasteiger partial charge is 0.348 e. The first-order chi connectivity index (χ1) is 15.6. The minimum atomic E-state index is 0.0698. The normalized spacial score (nSPS) is 13.7. The standard InChI is InChI=1S/C26H27N5O/c1-18-9-6-7-12-21(18)17-22-24(30-15-8-16-31(30)25(22)32)23-13-14-27-26(29-23)28-19(2)20-10-4-3-5-11-20/h3-7,9-14,19H,8,15-17H2,1-2H3,(H,27,28,29)/t19-/m0/s1. The van der Waals surface area contributed by atoms with E-state index in [2.05, 4.69) is 53.1 Å². The van der Waals surface area contributed by atoms with Gasteiger partial charge in [0.15, 0.2) is 0 Å². The molecule has 162 valence electrons. The predicted octanol–water partition coefficient (Wildman–Crippen LogP) is 4.58. The Labute approximate surface area is 187 Å². The molecule has 0 fully saturated rings. The molecule has 4 aromatic rings. The molecule has 0 saturated carbocycles. The molecule has 1 N–H and O–H groups in total. The predicted molar refractivity (Wildman–Crippen MR) is 127 cm³/mol. The number of aromatic nitrogens is 4. The Kier molecular flexibility index (Phi) is 5.35. The molecule has 0 radical (unpaired) electrons. The van der Waals surface area contributed by atoms with Gasteiger partial charge in [0.2, 0.25) is 5.95 Å². The van der Waals surface area contributed by atoms with Crippen molar-refractivity contribution in [3.63, 3.8) is 0 Å². The quantitative estimate of drug-likeness (QED) is 0.491. The maximum atomic E-state index is 13.3. The van der Waals surface area contributed by atoms with Crippen LogP contribution in [0.5, 0.6) is 0 Å². The Morgan fingerprint density at radius 2 is 1.75 bits per heavy atom. The van der Waals surface area contributed by atoms with Gasteiger partial charge in [0.1, 0.15) is 0 Å². The summed E-state index contributed by atoms with van der Waals surface area (Å²) < 4.78 is 3.97. The number of aryl methyl sites for hydroxylation is 1. The summed E-state index contributed by atoms with van der Waals surface area (Å²) in [6.07, 6.45) is 3.33. The first kappa shape index (κ1) is 20.2. The summed E-state index contributed by atoms with van der Waals surface area (Å²) in [6.45, 7) is 5.76. The fourth-order valence-corrected chi connectivity index (χ4v) is 4.49. The minimum absolute atomic E-state index is 0.0698. The van der Waals surface area contributed by atoms with Crippen molar-refractivity contribution >= 4 is 5.95 Å². The maximum absolute atomic E-state index is 13.3. The topological polar surface area (TPSA) is 64.7 Å². The van der Waals surface area contributed by atoms with Crippen LogP contribution in [-0.2, 0) is 19.5 Å². The molecular formula is C26H27N5O. The number of nitrogens with one attached hydrogen (secondary N) is 1. The Bertz CT molecular complexity index is 1310. The van der Waals surface area contributed by atoms with Crippen molar-refractivity contribution in [2.75, 3.05) is 5.32 Å². The molecule has 5 rings (SSSR count). The zero-order valence-corrected chi connectivity index (χ0v) is 18.5. The highest BCUT2D eigenvalue weighted by Crippen LogP contribution is 2.27. The fourth-order valence-electron chi connectivity index (χ4n) is 4.49. The summed E-state index contributed by atoms with van der Waals surface area (Å²) >= 11 is 0. The second-order valence-corrected chi connectivity index (χ2v) is 8.38. The van der Waals surface area contributed by atoms with E-state index in [1.807, 2.05) is 41.1 Å². The lowest BCUT2D eigenvalue weighted by molar-refractivity contribution is 0.598. The molecular weight excluding hydrogens is 398 g/mol. The number of nitrogens with zero attached hydrogens (tertiary/aromatic N) is 4. The van der Waals surface area contributed by atoms with Crippen molar-refractivity contribution in [1.29, 1.82) is 0 Å². The van der Waals surface area contributed by atoms with Gasteiger partial charge in [0, 0.05) is 25.7 Å². The van der Waals surface area contributed by atoms with Crippen LogP contribution in [0.15, 0.2) is 71.7 Å². The Balaban J connectivity index is 1.54. The lowest BCUT2D eigenvalue weighted by Gasteiger charge is -2.15. The van der Waals surface area contributed by atoms with Gasteiger partial charge in [-0.2, -0.15) is 0 Å². The van der Waals surface area contributed by atoms with Crippen LogP contribution in [0, 0.1) is 6.92 Å². The molecule has 1 aliphatic heterocycles. The minimum Gasteiger partial charge on any atom is -0.348 e. The molecule has 1 atom stereocenters. The SMILES string of the molecule is Cc1ccccc1Cc1c(-c2ccnc(N[C@@H](C)c3ccccc3)n2)n2n(c1=O)CCC2. The summed E-state index contributed by atoms with van der Waals surface area (Å²) in [5.74, 6) is 0.562. The Morgan fingerprint density at radius 3 is 2.56 bits per heavy atom. The highest BCUT2D eigenvalue weighted by Gasteiger charge is 2.25. The van der Waals surface area contributed by atoms with Crippen LogP contribution in [0.2, 0.25) is 0 Å². The van der Waals surface area contributed by atoms with Crippen LogP contribution in [0.1, 0.15) is 41.6 Å². The second kappa shape index (κ2) is 8.46. The first-order valence-corrected chi connectivity index (χ1v) is 11.1. The fraction of sp³-hybridized carbons (Fsp3) is 0.269. The zero-order chi connectivity index (χ0) is 22.1. The van der Waals surface area contributed by atoms with E-state index in [4.69, 9.17) is 4.98 Å². The third-order valence-corrected chi connectivity index (χ3v) is 6.24. The van der Waals surface area contributed by atoms with E-state index in [0.29, 0.717) is 12.4 Å². The van der Waals surface area contributed by atoms with Crippen molar-refractivity contribution in [2.45, 2.75) is 45.8 Å². The molecule has 2 aromatic carbocycles. The molecule has 1 aliphatic rings. The van der Waals surface area contributed by atoms with E-state index in [1.54, 1.807) is 6.20 Å². The van der Waals surface area contributed by atoms with Gasteiger partial charge in [0.25, 0.3) is 5.56 Å². The molecule has 3 heterocycles. The number of fused-ring (bicyclic) bond motifs is 1. The van der Waals surface area contributed by atoms with Gasteiger partial charge >= 0.3 is 0 Å². The maximum Gasteiger partial charge on any atom is 0.270 e. The number of rotatable bonds is 6. The van der Waals surface area contributed by atoms with Crippen LogP contribution in [0.4, 0.5) is 5.95 Å². The number of hydrogen-bond donors (Lipinski definition) is 1. The highest BCUT2D eigenvalue weighted by molar-refractivity contribution is 5.61. The van der Waals surface area contributed by atoms with Crippen molar-refractivity contribution in [3.05, 3.63) is 99.5 Å². The molecule has 0 aliphatic carbocycles. The summed E-state index contributed by atoms with van der Waals surface area (Å²) in [4.78, 5) is 22.6. The molecule has 0 spiro atoms. The average Bonchev–Trinajstić information content (AvgIpc) is 3.38. The second-order valence-electron chi connectivity index (χ2n) is 8.38. The van der Waals surface area contributed by atoms with E-state index < -0.39 is 0 Å². The van der Waals surface area contributed by atoms with Crippen molar-refractivity contribution in [3.8, 4) is 11.4 Å². The monoisotopic (exact) mass is 425 g/mol. The van der Waals surface area contributed by atoms with E-state index in [-0.39, 0.29) is 11.6 Å². The summed E-state index contributed by atoms with van der Waals surface area (Å²) in [5.41, 5.74) is 6.11.